The van der Waals surface area contributed by atoms with Gasteiger partial charge in [-0.3, -0.25) is 0 Å². The molecule has 1 aliphatic heterocycles. The van der Waals surface area contributed by atoms with Gasteiger partial charge in [-0.1, -0.05) is 75.2 Å². The van der Waals surface area contributed by atoms with Crippen molar-refractivity contribution in [2.24, 2.45) is 0 Å². The summed E-state index contributed by atoms with van der Waals surface area (Å²) < 4.78 is 18.2. The number of nitrogens with zero attached hydrogens (tertiary/aromatic N) is 1. The standard InChI is InChI=1S/C35H47NO4/c1-6-8-21-36(22-9-7-2)24-28(37)25-39-29-17-15-26(16-18-29)33-31-20-19-30(38-5)23-32(31)40-35(3,4)34(33)27-13-11-10-12-14-27/h10-20,23,28,33-34,37H,6-9,21-22,24-25H2,1-5H3/t28-,33+,34-/m0/s1. The molecular formula is C35H47NO4. The monoisotopic (exact) mass is 545 g/mol. The number of unbranched alkanes of at least 4 members (excludes halogenated alkanes) is 2. The number of ether oxygens (including phenoxy) is 3. The Morgan fingerprint density at radius 2 is 1.52 bits per heavy atom. The van der Waals surface area contributed by atoms with E-state index in [9.17, 15) is 5.11 Å². The number of rotatable bonds is 14. The zero-order chi connectivity index (χ0) is 28.5. The number of fused-ring (bicyclic) bond motifs is 1. The first-order valence-corrected chi connectivity index (χ1v) is 14.9. The second kappa shape index (κ2) is 14.0. The van der Waals surface area contributed by atoms with E-state index in [1.165, 1.54) is 11.1 Å². The molecule has 3 aromatic rings. The van der Waals surface area contributed by atoms with E-state index in [2.05, 4.69) is 81.1 Å². The number of methoxy groups -OCH3 is 1. The zero-order valence-corrected chi connectivity index (χ0v) is 24.9. The van der Waals surface area contributed by atoms with Crippen LogP contribution in [0.15, 0.2) is 72.8 Å². The Hall–Kier alpha value is -3.02. The molecule has 0 aliphatic carbocycles. The SMILES string of the molecule is CCCCN(CCCC)C[C@H](O)COc1ccc([C@@H]2c3ccc(OC)cc3OC(C)(C)[C@H]2c2ccccc2)cc1. The third kappa shape index (κ3) is 7.38. The average Bonchev–Trinajstić information content (AvgIpc) is 2.96. The van der Waals surface area contributed by atoms with Gasteiger partial charge in [-0.25, -0.2) is 0 Å². The normalized spacial score (nSPS) is 18.6. The van der Waals surface area contributed by atoms with Gasteiger partial charge in [0, 0.05) is 30.0 Å². The summed E-state index contributed by atoms with van der Waals surface area (Å²) in [5.41, 5.74) is 3.16. The summed E-state index contributed by atoms with van der Waals surface area (Å²) in [5, 5.41) is 10.7. The highest BCUT2D eigenvalue weighted by Crippen LogP contribution is 2.53. The predicted molar refractivity (Wildman–Crippen MR) is 163 cm³/mol. The van der Waals surface area contributed by atoms with Crippen molar-refractivity contribution in [2.45, 2.75) is 76.9 Å². The maximum absolute atomic E-state index is 10.7. The van der Waals surface area contributed by atoms with Crippen molar-refractivity contribution in [3.8, 4) is 17.2 Å². The molecule has 3 aromatic carbocycles. The van der Waals surface area contributed by atoms with Crippen LogP contribution in [0.3, 0.4) is 0 Å². The Bertz CT molecular complexity index is 1170. The topological polar surface area (TPSA) is 51.2 Å². The summed E-state index contributed by atoms with van der Waals surface area (Å²) >= 11 is 0. The van der Waals surface area contributed by atoms with E-state index in [1.54, 1.807) is 7.11 Å². The fraction of sp³-hybridized carbons (Fsp3) is 0.486. The van der Waals surface area contributed by atoms with Gasteiger partial charge in [0.15, 0.2) is 0 Å². The van der Waals surface area contributed by atoms with Gasteiger partial charge >= 0.3 is 0 Å². The third-order valence-electron chi connectivity index (χ3n) is 7.98. The van der Waals surface area contributed by atoms with E-state index in [0.717, 1.165) is 61.6 Å². The van der Waals surface area contributed by atoms with Crippen LogP contribution < -0.4 is 14.2 Å². The van der Waals surface area contributed by atoms with Gasteiger partial charge in [0.25, 0.3) is 0 Å². The quantitative estimate of drug-likeness (QED) is 0.228. The molecule has 0 unspecified atom stereocenters. The molecule has 0 bridgehead atoms. The van der Waals surface area contributed by atoms with Crippen LogP contribution >= 0.6 is 0 Å². The van der Waals surface area contributed by atoms with Gasteiger partial charge in [0.2, 0.25) is 0 Å². The van der Waals surface area contributed by atoms with Gasteiger partial charge in [0.1, 0.15) is 35.6 Å². The third-order valence-corrected chi connectivity index (χ3v) is 7.98. The predicted octanol–water partition coefficient (Wildman–Crippen LogP) is 7.42. The van der Waals surface area contributed by atoms with E-state index in [4.69, 9.17) is 14.2 Å². The molecule has 4 rings (SSSR count). The Morgan fingerprint density at radius 3 is 2.15 bits per heavy atom. The van der Waals surface area contributed by atoms with E-state index in [0.29, 0.717) is 6.54 Å². The summed E-state index contributed by atoms with van der Waals surface area (Å²) in [7, 11) is 1.68. The number of aliphatic hydroxyl groups is 1. The minimum absolute atomic E-state index is 0.0948. The molecule has 0 radical (unpaired) electrons. The molecule has 1 N–H and O–H groups in total. The molecule has 0 spiro atoms. The highest BCUT2D eigenvalue weighted by Gasteiger charge is 2.45. The van der Waals surface area contributed by atoms with Crippen LogP contribution in [0.2, 0.25) is 0 Å². The lowest BCUT2D eigenvalue weighted by atomic mass is 9.68. The van der Waals surface area contributed by atoms with Crippen LogP contribution in [0, 0.1) is 0 Å². The lowest BCUT2D eigenvalue weighted by Crippen LogP contribution is -2.43. The van der Waals surface area contributed by atoms with Crippen LogP contribution in [0.4, 0.5) is 0 Å². The lowest BCUT2D eigenvalue weighted by Gasteiger charge is -2.45. The molecule has 3 atom stereocenters. The first-order chi connectivity index (χ1) is 19.4. The minimum atomic E-state index is -0.519. The largest absolute Gasteiger partial charge is 0.497 e. The van der Waals surface area contributed by atoms with E-state index in [1.807, 2.05) is 24.3 Å². The molecule has 0 amide bonds. The molecule has 1 heterocycles. The summed E-state index contributed by atoms with van der Waals surface area (Å²) in [6, 6.07) is 25.2. The van der Waals surface area contributed by atoms with Crippen molar-refractivity contribution in [3.05, 3.63) is 89.5 Å². The van der Waals surface area contributed by atoms with Crippen LogP contribution in [-0.2, 0) is 0 Å². The molecule has 5 nitrogen and oxygen atoms in total. The second-order valence-electron chi connectivity index (χ2n) is 11.5. The summed E-state index contributed by atoms with van der Waals surface area (Å²) in [6.45, 7) is 11.7. The van der Waals surface area contributed by atoms with Gasteiger partial charge in [-0.15, -0.1) is 0 Å². The second-order valence-corrected chi connectivity index (χ2v) is 11.5. The number of hydrogen-bond donors (Lipinski definition) is 1. The van der Waals surface area contributed by atoms with E-state index >= 15 is 0 Å². The van der Waals surface area contributed by atoms with Crippen molar-refractivity contribution in [1.82, 2.24) is 4.90 Å². The van der Waals surface area contributed by atoms with Crippen molar-refractivity contribution in [3.63, 3.8) is 0 Å². The van der Waals surface area contributed by atoms with Crippen LogP contribution in [0.1, 0.15) is 81.9 Å². The van der Waals surface area contributed by atoms with Gasteiger partial charge < -0.3 is 24.2 Å². The van der Waals surface area contributed by atoms with Crippen LogP contribution in [0.25, 0.3) is 0 Å². The van der Waals surface area contributed by atoms with Gasteiger partial charge in [0.05, 0.1) is 7.11 Å². The molecular weight excluding hydrogens is 498 g/mol. The number of hydrogen-bond acceptors (Lipinski definition) is 5. The van der Waals surface area contributed by atoms with Gasteiger partial charge in [-0.2, -0.15) is 0 Å². The first-order valence-electron chi connectivity index (χ1n) is 14.9. The van der Waals surface area contributed by atoms with Crippen LogP contribution in [0.5, 0.6) is 17.2 Å². The first kappa shape index (κ1) is 30.0. The summed E-state index contributed by atoms with van der Waals surface area (Å²) in [4.78, 5) is 2.37. The number of aliphatic hydroxyl groups excluding tert-OH is 1. The lowest BCUT2D eigenvalue weighted by molar-refractivity contribution is 0.0527. The highest BCUT2D eigenvalue weighted by molar-refractivity contribution is 5.52. The Balaban J connectivity index is 1.53. The average molecular weight is 546 g/mol. The van der Waals surface area contributed by atoms with Crippen molar-refractivity contribution >= 4 is 0 Å². The summed E-state index contributed by atoms with van der Waals surface area (Å²) in [5.74, 6) is 2.63. The molecule has 0 fully saturated rings. The zero-order valence-electron chi connectivity index (χ0n) is 24.9. The minimum Gasteiger partial charge on any atom is -0.497 e. The van der Waals surface area contributed by atoms with Crippen molar-refractivity contribution < 1.29 is 19.3 Å². The summed E-state index contributed by atoms with van der Waals surface area (Å²) in [6.07, 6.45) is 4.11. The highest BCUT2D eigenvalue weighted by atomic mass is 16.5. The fourth-order valence-electron chi connectivity index (χ4n) is 5.91. The van der Waals surface area contributed by atoms with Crippen molar-refractivity contribution in [2.75, 3.05) is 33.4 Å². The van der Waals surface area contributed by atoms with E-state index in [-0.39, 0.29) is 18.4 Å². The fourth-order valence-corrected chi connectivity index (χ4v) is 5.91. The Morgan fingerprint density at radius 1 is 0.875 bits per heavy atom. The maximum atomic E-state index is 10.7. The smallest absolute Gasteiger partial charge is 0.127 e. The molecule has 216 valence electrons. The van der Waals surface area contributed by atoms with E-state index < -0.39 is 11.7 Å². The molecule has 5 heteroatoms. The molecule has 0 saturated heterocycles. The molecule has 0 saturated carbocycles. The van der Waals surface area contributed by atoms with Crippen LogP contribution in [-0.4, -0.2) is 55.1 Å². The Labute approximate surface area is 241 Å². The maximum Gasteiger partial charge on any atom is 0.127 e. The Kier molecular flexibility index (Phi) is 10.5. The van der Waals surface area contributed by atoms with Gasteiger partial charge in [-0.05, 0) is 69.1 Å². The molecule has 40 heavy (non-hydrogen) atoms. The molecule has 1 aliphatic rings. The molecule has 0 aromatic heterocycles. The van der Waals surface area contributed by atoms with Crippen molar-refractivity contribution in [1.29, 1.82) is 0 Å². The number of benzene rings is 3.